The number of likely N-dealkylation sites (tertiary alicyclic amines) is 1. The van der Waals surface area contributed by atoms with Crippen LogP contribution in [0.3, 0.4) is 0 Å². The molecule has 3 aromatic rings. The van der Waals surface area contributed by atoms with Crippen LogP contribution in [-0.2, 0) is 0 Å². The van der Waals surface area contributed by atoms with Crippen molar-refractivity contribution in [3.63, 3.8) is 0 Å². The second kappa shape index (κ2) is 9.79. The molecule has 7 nitrogen and oxygen atoms in total. The minimum atomic E-state index is 0.184. The van der Waals surface area contributed by atoms with Crippen molar-refractivity contribution in [1.82, 2.24) is 25.1 Å². The summed E-state index contributed by atoms with van der Waals surface area (Å²) < 4.78 is 0. The number of hydrogen-bond donors (Lipinski definition) is 3. The molecule has 1 aliphatic carbocycles. The maximum absolute atomic E-state index is 5.96. The first-order valence-corrected chi connectivity index (χ1v) is 12.1. The SMILES string of the molecule is C=C/C=C(/C1=CCC=C1)c1cc(-c2n[nH]c3cnc(/C(=C/C)N=C(C=C)N4CC(N)C4)cc23)[nH]c1C. The van der Waals surface area contributed by atoms with Crippen molar-refractivity contribution in [3.8, 4) is 11.4 Å². The van der Waals surface area contributed by atoms with Crippen molar-refractivity contribution in [2.45, 2.75) is 26.3 Å². The van der Waals surface area contributed by atoms with Gasteiger partial charge < -0.3 is 15.6 Å². The van der Waals surface area contributed by atoms with Crippen LogP contribution in [0.2, 0.25) is 0 Å². The van der Waals surface area contributed by atoms with Crippen molar-refractivity contribution >= 4 is 28.0 Å². The molecule has 0 bridgehead atoms. The van der Waals surface area contributed by atoms with Crippen LogP contribution >= 0.6 is 0 Å². The Balaban J connectivity index is 1.53. The number of aliphatic imine (C=N–C) groups is 1. The summed E-state index contributed by atoms with van der Waals surface area (Å²) in [7, 11) is 0. The molecule has 2 aliphatic rings. The smallest absolute Gasteiger partial charge is 0.128 e. The molecule has 36 heavy (non-hydrogen) atoms. The number of aromatic nitrogens is 4. The molecule has 0 amide bonds. The average Bonchev–Trinajstić information content (AvgIpc) is 3.61. The van der Waals surface area contributed by atoms with E-state index in [1.165, 1.54) is 5.57 Å². The summed E-state index contributed by atoms with van der Waals surface area (Å²) >= 11 is 0. The van der Waals surface area contributed by atoms with Crippen LogP contribution in [0.4, 0.5) is 0 Å². The first-order chi connectivity index (χ1) is 17.5. The van der Waals surface area contributed by atoms with Gasteiger partial charge in [0.2, 0.25) is 0 Å². The molecule has 5 rings (SSSR count). The Kier molecular flexibility index (Phi) is 6.40. The second-order valence-corrected chi connectivity index (χ2v) is 9.04. The lowest BCUT2D eigenvalue weighted by Gasteiger charge is -2.38. The number of H-pyrrole nitrogens is 2. The van der Waals surface area contributed by atoms with Crippen LogP contribution in [-0.4, -0.2) is 50.0 Å². The van der Waals surface area contributed by atoms with Crippen LogP contribution in [0.25, 0.3) is 33.6 Å². The summed E-state index contributed by atoms with van der Waals surface area (Å²) in [6, 6.07) is 4.38. The summed E-state index contributed by atoms with van der Waals surface area (Å²) in [5, 5.41) is 8.72. The monoisotopic (exact) mass is 477 g/mol. The minimum absolute atomic E-state index is 0.184. The van der Waals surface area contributed by atoms with E-state index in [1.54, 1.807) is 12.3 Å². The molecule has 0 radical (unpaired) electrons. The lowest BCUT2D eigenvalue weighted by molar-refractivity contribution is 0.256. The van der Waals surface area contributed by atoms with E-state index in [0.29, 0.717) is 0 Å². The molecular formula is C29H31N7. The van der Waals surface area contributed by atoms with E-state index in [2.05, 4.69) is 75.5 Å². The van der Waals surface area contributed by atoms with Crippen molar-refractivity contribution in [3.05, 3.63) is 96.5 Å². The molecule has 4 heterocycles. The molecule has 0 spiro atoms. The summed E-state index contributed by atoms with van der Waals surface area (Å²) in [6.07, 6.45) is 16.9. The van der Waals surface area contributed by atoms with E-state index in [0.717, 1.165) is 75.9 Å². The Bertz CT molecular complexity index is 1480. The fraction of sp³-hybridized carbons (Fsp3) is 0.207. The quantitative estimate of drug-likeness (QED) is 0.244. The molecule has 182 valence electrons. The van der Waals surface area contributed by atoms with Crippen LogP contribution in [0, 0.1) is 6.92 Å². The number of fused-ring (bicyclic) bond motifs is 1. The summed E-state index contributed by atoms with van der Waals surface area (Å²) in [4.78, 5) is 15.1. The van der Waals surface area contributed by atoms with Gasteiger partial charge in [-0.25, -0.2) is 4.99 Å². The van der Waals surface area contributed by atoms with Crippen LogP contribution < -0.4 is 5.73 Å². The van der Waals surface area contributed by atoms with Gasteiger partial charge in [-0.3, -0.25) is 10.1 Å². The number of aromatic amines is 2. The summed E-state index contributed by atoms with van der Waals surface area (Å²) in [5.41, 5.74) is 14.7. The maximum Gasteiger partial charge on any atom is 0.128 e. The number of nitrogens with one attached hydrogen (secondary N) is 2. The Morgan fingerprint density at radius 1 is 1.28 bits per heavy atom. The Morgan fingerprint density at radius 2 is 2.11 bits per heavy atom. The van der Waals surface area contributed by atoms with E-state index in [1.807, 2.05) is 25.1 Å². The highest BCUT2D eigenvalue weighted by Gasteiger charge is 2.25. The zero-order chi connectivity index (χ0) is 25.2. The lowest BCUT2D eigenvalue weighted by atomic mass is 9.98. The Labute approximate surface area is 211 Å². The molecule has 3 aromatic heterocycles. The number of nitrogens with zero attached hydrogens (tertiary/aromatic N) is 4. The van der Waals surface area contributed by atoms with Crippen LogP contribution in [0.5, 0.6) is 0 Å². The first-order valence-electron chi connectivity index (χ1n) is 12.1. The molecule has 0 atom stereocenters. The average molecular weight is 478 g/mol. The number of nitrogens with two attached hydrogens (primary N) is 1. The molecule has 1 fully saturated rings. The zero-order valence-electron chi connectivity index (χ0n) is 20.8. The Morgan fingerprint density at radius 3 is 2.78 bits per heavy atom. The maximum atomic E-state index is 5.96. The van der Waals surface area contributed by atoms with Gasteiger partial charge in [-0.05, 0) is 49.6 Å². The highest BCUT2D eigenvalue weighted by molar-refractivity contribution is 5.98. The molecule has 4 N–H and O–H groups in total. The molecule has 1 aliphatic heterocycles. The molecule has 0 saturated carbocycles. The highest BCUT2D eigenvalue weighted by Crippen LogP contribution is 2.35. The van der Waals surface area contributed by atoms with E-state index >= 15 is 0 Å². The third kappa shape index (κ3) is 4.29. The summed E-state index contributed by atoms with van der Waals surface area (Å²) in [5.74, 6) is 0.806. The molecule has 0 unspecified atom stereocenters. The molecular weight excluding hydrogens is 446 g/mol. The van der Waals surface area contributed by atoms with Crippen LogP contribution in [0.1, 0.15) is 30.3 Å². The van der Waals surface area contributed by atoms with E-state index in [9.17, 15) is 0 Å². The number of rotatable bonds is 7. The molecule has 7 heteroatoms. The van der Waals surface area contributed by atoms with Crippen molar-refractivity contribution < 1.29 is 0 Å². The van der Waals surface area contributed by atoms with Gasteiger partial charge in [-0.2, -0.15) is 5.10 Å². The second-order valence-electron chi connectivity index (χ2n) is 9.04. The van der Waals surface area contributed by atoms with Gasteiger partial charge in [0.1, 0.15) is 11.5 Å². The van der Waals surface area contributed by atoms with Gasteiger partial charge in [0.05, 0.1) is 28.8 Å². The van der Waals surface area contributed by atoms with Crippen LogP contribution in [0.15, 0.2) is 84.6 Å². The Hall–Kier alpha value is -4.23. The van der Waals surface area contributed by atoms with Gasteiger partial charge in [-0.15, -0.1) is 0 Å². The third-order valence-corrected chi connectivity index (χ3v) is 6.56. The van der Waals surface area contributed by atoms with Gasteiger partial charge in [0.25, 0.3) is 0 Å². The van der Waals surface area contributed by atoms with Gasteiger partial charge in [0.15, 0.2) is 0 Å². The van der Waals surface area contributed by atoms with Crippen molar-refractivity contribution in [1.29, 1.82) is 0 Å². The third-order valence-electron chi connectivity index (χ3n) is 6.56. The number of pyridine rings is 1. The summed E-state index contributed by atoms with van der Waals surface area (Å²) in [6.45, 7) is 13.5. The topological polar surface area (TPSA) is 99.0 Å². The van der Waals surface area contributed by atoms with Crippen molar-refractivity contribution in [2.24, 2.45) is 10.7 Å². The van der Waals surface area contributed by atoms with Gasteiger partial charge in [-0.1, -0.05) is 49.6 Å². The number of aryl methyl sites for hydroxylation is 1. The minimum Gasteiger partial charge on any atom is -0.357 e. The van der Waals surface area contributed by atoms with E-state index < -0.39 is 0 Å². The number of allylic oxidation sites excluding steroid dienone is 8. The van der Waals surface area contributed by atoms with Gasteiger partial charge >= 0.3 is 0 Å². The normalized spacial score (nSPS) is 17.0. The molecule has 0 aromatic carbocycles. The largest absolute Gasteiger partial charge is 0.357 e. The molecule has 1 saturated heterocycles. The number of amidine groups is 1. The lowest BCUT2D eigenvalue weighted by Crippen LogP contribution is -2.57. The van der Waals surface area contributed by atoms with Crippen molar-refractivity contribution in [2.75, 3.05) is 13.1 Å². The predicted molar refractivity (Wildman–Crippen MR) is 149 cm³/mol. The van der Waals surface area contributed by atoms with E-state index in [4.69, 9.17) is 10.7 Å². The highest BCUT2D eigenvalue weighted by atomic mass is 15.3. The fourth-order valence-corrected chi connectivity index (χ4v) is 4.68. The fourth-order valence-electron chi connectivity index (χ4n) is 4.68. The van der Waals surface area contributed by atoms with Gasteiger partial charge in [0, 0.05) is 35.8 Å². The van der Waals surface area contributed by atoms with E-state index in [-0.39, 0.29) is 6.04 Å². The number of hydrogen-bond acceptors (Lipinski definition) is 4. The zero-order valence-corrected chi connectivity index (χ0v) is 20.8. The predicted octanol–water partition coefficient (Wildman–Crippen LogP) is 5.31. The standard InChI is InChI=1S/C29H31N7/c1-5-10-21(19-11-8-9-12-19)22-13-26(32-18(22)4)29-23-14-25(31-15-27(23)34-35-29)24(6-2)33-28(7-3)36-16-20(30)17-36/h5-8,10-15,20,32H,1,3,9,16-17,30H2,2,4H3,(H,34,35)/b21-10-,24-6-,33-28?. The first kappa shape index (κ1) is 23.5.